The molecule has 1 N–H and O–H groups in total. The first-order valence-electron chi connectivity index (χ1n) is 12.3. The number of carbonyl (C=O) groups excluding carboxylic acids is 1. The summed E-state index contributed by atoms with van der Waals surface area (Å²) in [6.45, 7) is 4.33. The molecule has 37 heavy (non-hydrogen) atoms. The number of nitrogens with zero attached hydrogens (tertiary/aromatic N) is 4. The van der Waals surface area contributed by atoms with Gasteiger partial charge in [0.05, 0.1) is 16.7 Å². The predicted molar refractivity (Wildman–Crippen MR) is 145 cm³/mol. The second-order valence-corrected chi connectivity index (χ2v) is 9.13. The van der Waals surface area contributed by atoms with E-state index in [-0.39, 0.29) is 5.91 Å². The molecular formula is C29H32N4O4. The van der Waals surface area contributed by atoms with Gasteiger partial charge in [0, 0.05) is 39.5 Å². The second-order valence-electron chi connectivity index (χ2n) is 9.13. The van der Waals surface area contributed by atoms with Gasteiger partial charge < -0.3 is 14.4 Å². The van der Waals surface area contributed by atoms with Crippen LogP contribution in [0.2, 0.25) is 0 Å². The summed E-state index contributed by atoms with van der Waals surface area (Å²) in [6.07, 6.45) is 1.63. The average molecular weight is 501 g/mol. The minimum Gasteiger partial charge on any atom is -0.449 e. The molecule has 4 rings (SSSR count). The third-order valence-electron chi connectivity index (χ3n) is 6.20. The molecule has 0 spiro atoms. The Hall–Kier alpha value is -4.17. The van der Waals surface area contributed by atoms with Crippen LogP contribution in [-0.4, -0.2) is 45.8 Å². The summed E-state index contributed by atoms with van der Waals surface area (Å²) >= 11 is 0. The molecule has 1 amide bonds. The third kappa shape index (κ3) is 5.81. The molecule has 192 valence electrons. The number of hydrogen-bond acceptors (Lipinski definition) is 5. The first-order valence-corrected chi connectivity index (χ1v) is 12.3. The Bertz CT molecular complexity index is 1410. The summed E-state index contributed by atoms with van der Waals surface area (Å²) in [5.74, 6) is 1.25. The lowest BCUT2D eigenvalue weighted by Gasteiger charge is -2.27. The number of amides is 1. The zero-order chi connectivity index (χ0) is 26.5. The Labute approximate surface area is 216 Å². The number of benzene rings is 3. The first-order chi connectivity index (χ1) is 17.8. The van der Waals surface area contributed by atoms with Crippen molar-refractivity contribution < 1.29 is 19.4 Å². The summed E-state index contributed by atoms with van der Waals surface area (Å²) in [5.41, 5.74) is 5.32. The van der Waals surface area contributed by atoms with Gasteiger partial charge in [0.15, 0.2) is 0 Å². The van der Waals surface area contributed by atoms with Crippen LogP contribution in [-0.2, 0) is 17.8 Å². The first kappa shape index (κ1) is 25.9. The number of rotatable bonds is 9. The second kappa shape index (κ2) is 11.3. The summed E-state index contributed by atoms with van der Waals surface area (Å²) < 4.78 is 7.17. The van der Waals surface area contributed by atoms with Crippen molar-refractivity contribution in [1.29, 1.82) is 0 Å². The van der Waals surface area contributed by atoms with Crippen molar-refractivity contribution in [2.75, 3.05) is 19.1 Å². The molecule has 0 bridgehead atoms. The highest BCUT2D eigenvalue weighted by Crippen LogP contribution is 2.31. The van der Waals surface area contributed by atoms with Gasteiger partial charge in [0.25, 0.3) is 0 Å². The zero-order valence-electron chi connectivity index (χ0n) is 21.6. The number of fused-ring (bicyclic) bond motifs is 1. The van der Waals surface area contributed by atoms with Gasteiger partial charge in [-0.2, -0.15) is 0 Å². The molecule has 1 heterocycles. The molecule has 0 aliphatic carbocycles. The number of carbonyl (C=O) groups is 2. The maximum Gasteiger partial charge on any atom is 0.511 e. The quantitative estimate of drug-likeness (QED) is 0.173. The summed E-state index contributed by atoms with van der Waals surface area (Å²) in [6, 6.07) is 21.0. The van der Waals surface area contributed by atoms with Gasteiger partial charge in [-0.1, -0.05) is 55.8 Å². The normalized spacial score (nSPS) is 11.2. The van der Waals surface area contributed by atoms with Crippen molar-refractivity contribution in [2.24, 2.45) is 0 Å². The van der Waals surface area contributed by atoms with Gasteiger partial charge >= 0.3 is 6.16 Å². The van der Waals surface area contributed by atoms with E-state index in [1.165, 1.54) is 0 Å². The van der Waals surface area contributed by atoms with Crippen molar-refractivity contribution in [3.8, 4) is 16.9 Å². The molecule has 3 aromatic carbocycles. The highest BCUT2D eigenvalue weighted by Gasteiger charge is 2.18. The van der Waals surface area contributed by atoms with Gasteiger partial charge in [-0.3, -0.25) is 4.79 Å². The van der Waals surface area contributed by atoms with E-state index in [1.807, 2.05) is 68.7 Å². The van der Waals surface area contributed by atoms with Crippen molar-refractivity contribution in [3.05, 3.63) is 78.1 Å². The van der Waals surface area contributed by atoms with Crippen LogP contribution in [0.3, 0.4) is 0 Å². The summed E-state index contributed by atoms with van der Waals surface area (Å²) in [7, 11) is 3.69. The van der Waals surface area contributed by atoms with Gasteiger partial charge in [-0.15, -0.1) is 0 Å². The lowest BCUT2D eigenvalue weighted by Crippen LogP contribution is -2.40. The highest BCUT2D eigenvalue weighted by molar-refractivity contribution is 5.93. The zero-order valence-corrected chi connectivity index (χ0v) is 21.6. The molecule has 0 fully saturated rings. The Kier molecular flexibility index (Phi) is 7.89. The van der Waals surface area contributed by atoms with E-state index >= 15 is 0 Å². The van der Waals surface area contributed by atoms with Crippen LogP contribution < -0.4 is 9.75 Å². The van der Waals surface area contributed by atoms with Gasteiger partial charge in [0.1, 0.15) is 11.6 Å². The molecule has 8 nitrogen and oxygen atoms in total. The molecule has 0 saturated carbocycles. The van der Waals surface area contributed by atoms with E-state index in [0.717, 1.165) is 52.9 Å². The van der Waals surface area contributed by atoms with E-state index in [4.69, 9.17) is 14.8 Å². The van der Waals surface area contributed by atoms with Crippen LogP contribution in [0.25, 0.3) is 22.2 Å². The largest absolute Gasteiger partial charge is 0.511 e. The molecule has 0 unspecified atom stereocenters. The van der Waals surface area contributed by atoms with Crippen molar-refractivity contribution in [2.45, 2.75) is 39.7 Å². The highest BCUT2D eigenvalue weighted by atomic mass is 16.7. The topological polar surface area (TPSA) is 87.9 Å². The fourth-order valence-corrected chi connectivity index (χ4v) is 4.55. The van der Waals surface area contributed by atoms with Crippen LogP contribution in [0.1, 0.15) is 38.1 Å². The number of imidazole rings is 1. The number of hydrogen-bond donors (Lipinski definition) is 1. The van der Waals surface area contributed by atoms with Crippen molar-refractivity contribution in [1.82, 2.24) is 14.6 Å². The number of ether oxygens (including phenoxy) is 1. The number of carboxylic acid groups (broad SMARTS) is 1. The number of unbranched alkanes of at least 4 members (excludes halogenated alkanes) is 1. The van der Waals surface area contributed by atoms with Crippen LogP contribution >= 0.6 is 0 Å². The van der Waals surface area contributed by atoms with Gasteiger partial charge in [0.2, 0.25) is 5.91 Å². The van der Waals surface area contributed by atoms with E-state index in [9.17, 15) is 9.59 Å². The monoisotopic (exact) mass is 500 g/mol. The van der Waals surface area contributed by atoms with Gasteiger partial charge in [-0.25, -0.2) is 19.8 Å². The maximum atomic E-state index is 12.3. The molecule has 0 saturated heterocycles. The van der Waals surface area contributed by atoms with Crippen LogP contribution in [0.4, 0.5) is 10.5 Å². The smallest absolute Gasteiger partial charge is 0.449 e. The lowest BCUT2D eigenvalue weighted by atomic mass is 10.0. The Morgan fingerprint density at radius 1 is 1.03 bits per heavy atom. The van der Waals surface area contributed by atoms with Crippen molar-refractivity contribution >= 4 is 28.8 Å². The molecule has 4 aromatic rings. The Morgan fingerprint density at radius 3 is 2.41 bits per heavy atom. The van der Waals surface area contributed by atoms with E-state index in [2.05, 4.69) is 11.5 Å². The van der Waals surface area contributed by atoms with E-state index in [1.54, 1.807) is 29.1 Å². The minimum atomic E-state index is -1.34. The molecule has 0 aliphatic rings. The molecule has 8 heteroatoms. The van der Waals surface area contributed by atoms with Crippen LogP contribution in [0.15, 0.2) is 66.7 Å². The summed E-state index contributed by atoms with van der Waals surface area (Å²) in [4.78, 5) is 28.3. The molecule has 0 radical (unpaired) electrons. The van der Waals surface area contributed by atoms with E-state index < -0.39 is 6.16 Å². The molecular weight excluding hydrogens is 468 g/mol. The SMILES string of the molecule is CCCCc1nc2ccc(N(C(C)=O)N(C)C)cc2n1Cc1ccc(-c2ccccc2OC(=O)O)cc1. The molecule has 0 aliphatic heterocycles. The molecule has 0 atom stereocenters. The van der Waals surface area contributed by atoms with Crippen LogP contribution in [0.5, 0.6) is 5.75 Å². The summed E-state index contributed by atoms with van der Waals surface area (Å²) in [5, 5.41) is 12.5. The predicted octanol–water partition coefficient (Wildman–Crippen LogP) is 5.98. The number of aromatic nitrogens is 2. The fourth-order valence-electron chi connectivity index (χ4n) is 4.55. The number of aryl methyl sites for hydroxylation is 1. The Balaban J connectivity index is 1.71. The minimum absolute atomic E-state index is 0.0654. The fraction of sp³-hybridized carbons (Fsp3) is 0.276. The standard InChI is InChI=1S/C29H32N4O4/c1-5-6-11-28-30-25-17-16-23(33(20(2)34)31(3)4)18-26(25)32(28)19-21-12-14-22(15-13-21)24-9-7-8-10-27(24)37-29(35)36/h7-10,12-18H,5-6,11,19H2,1-4H3,(H,35,36). The molecule has 1 aromatic heterocycles. The maximum absolute atomic E-state index is 12.3. The van der Waals surface area contributed by atoms with E-state index in [0.29, 0.717) is 17.9 Å². The van der Waals surface area contributed by atoms with Gasteiger partial charge in [-0.05, 0) is 41.8 Å². The van der Waals surface area contributed by atoms with Crippen LogP contribution in [0, 0.1) is 0 Å². The number of para-hydroxylation sites is 1. The lowest BCUT2D eigenvalue weighted by molar-refractivity contribution is -0.118. The van der Waals surface area contributed by atoms with Crippen molar-refractivity contribution in [3.63, 3.8) is 0 Å². The Morgan fingerprint density at radius 2 is 1.76 bits per heavy atom. The average Bonchev–Trinajstić information content (AvgIpc) is 3.19. The number of anilines is 1. The number of hydrazine groups is 1. The third-order valence-corrected chi connectivity index (χ3v) is 6.20.